The van der Waals surface area contributed by atoms with E-state index in [9.17, 15) is 48.0 Å². The summed E-state index contributed by atoms with van der Waals surface area (Å²) in [4.78, 5) is 12.2. The third-order valence-electron chi connectivity index (χ3n) is 3.39. The lowest BCUT2D eigenvalue weighted by atomic mass is 9.83. The van der Waals surface area contributed by atoms with Crippen molar-refractivity contribution in [3.8, 4) is 0 Å². The number of rotatable bonds is 4. The Morgan fingerprint density at radius 1 is 1.10 bits per heavy atom. The van der Waals surface area contributed by atoms with Crippen LogP contribution in [0.5, 0.6) is 0 Å². The summed E-state index contributed by atoms with van der Waals surface area (Å²) in [6.45, 7) is 7.57. The Balaban J connectivity index is 0.000000759. The van der Waals surface area contributed by atoms with Gasteiger partial charge in [0.15, 0.2) is 0 Å². The van der Waals surface area contributed by atoms with Crippen molar-refractivity contribution in [2.75, 3.05) is 6.54 Å². The fraction of sp³-hybridized carbons (Fsp3) is 0.643. The van der Waals surface area contributed by atoms with E-state index in [1.165, 1.54) is 0 Å². The van der Waals surface area contributed by atoms with E-state index in [2.05, 4.69) is 14.9 Å². The van der Waals surface area contributed by atoms with Crippen molar-refractivity contribution < 1.29 is 61.4 Å². The fourth-order valence-corrected chi connectivity index (χ4v) is 2.86. The molecule has 0 aromatic rings. The van der Waals surface area contributed by atoms with Crippen LogP contribution in [0, 0.1) is 5.41 Å². The van der Waals surface area contributed by atoms with E-state index in [-0.39, 0.29) is 19.2 Å². The molecule has 0 radical (unpaired) electrons. The molecule has 1 N–H and O–H groups in total. The first-order valence-electron chi connectivity index (χ1n) is 7.88. The van der Waals surface area contributed by atoms with Gasteiger partial charge in [-0.25, -0.2) is 4.79 Å². The van der Waals surface area contributed by atoms with Crippen LogP contribution in [0.4, 0.5) is 31.1 Å². The first kappa shape index (κ1) is 28.8. The molecule has 0 aromatic carbocycles. The van der Waals surface area contributed by atoms with Crippen LogP contribution in [0.15, 0.2) is 24.7 Å². The van der Waals surface area contributed by atoms with Crippen LogP contribution >= 0.6 is 0 Å². The number of hydrogen-bond donors (Lipinski definition) is 1. The topological polar surface area (TPSA) is 127 Å². The van der Waals surface area contributed by atoms with Crippen molar-refractivity contribution in [2.24, 2.45) is 5.41 Å². The Bertz CT molecular complexity index is 901. The van der Waals surface area contributed by atoms with Crippen LogP contribution in [0.3, 0.4) is 0 Å². The molecule has 0 saturated carbocycles. The Kier molecular flexibility index (Phi) is 8.87. The van der Waals surface area contributed by atoms with Crippen LogP contribution in [-0.2, 0) is 28.6 Å². The van der Waals surface area contributed by atoms with E-state index < -0.39 is 54.6 Å². The number of alkyl halides is 6. The van der Waals surface area contributed by atoms with E-state index in [0.717, 1.165) is 11.0 Å². The lowest BCUT2D eigenvalue weighted by molar-refractivity contribution is -0.0528. The van der Waals surface area contributed by atoms with Crippen molar-refractivity contribution in [1.29, 1.82) is 0 Å². The summed E-state index contributed by atoms with van der Waals surface area (Å²) in [5.41, 5.74) is -11.5. The predicted molar refractivity (Wildman–Crippen MR) is 93.0 cm³/mol. The predicted octanol–water partition coefficient (Wildman–Crippen LogP) is 3.53. The lowest BCUT2D eigenvalue weighted by Crippen LogP contribution is -2.48. The Morgan fingerprint density at radius 3 is 1.84 bits per heavy atom. The molecule has 0 bridgehead atoms. The zero-order chi connectivity index (χ0) is 25.1. The SMILES string of the molecule is C=COS(=O)(=O)C(F)(F)F.CC(C)(C)C1C=C(OS(=O)(=O)C(F)(F)F)CCN1C(=O)O. The van der Waals surface area contributed by atoms with Gasteiger partial charge in [-0.3, -0.25) is 0 Å². The lowest BCUT2D eigenvalue weighted by Gasteiger charge is -2.39. The van der Waals surface area contributed by atoms with Gasteiger partial charge in [0.2, 0.25) is 0 Å². The molecule has 1 unspecified atom stereocenters. The number of carbonyl (C=O) groups is 1. The normalized spacial score (nSPS) is 18.3. The molecule has 1 rings (SSSR count). The second-order valence-electron chi connectivity index (χ2n) is 6.82. The summed E-state index contributed by atoms with van der Waals surface area (Å²) < 4.78 is 120. The second kappa shape index (κ2) is 9.54. The maximum atomic E-state index is 12.3. The Labute approximate surface area is 174 Å². The van der Waals surface area contributed by atoms with Gasteiger partial charge < -0.3 is 18.4 Å². The fourth-order valence-electron chi connectivity index (χ4n) is 2.05. The zero-order valence-electron chi connectivity index (χ0n) is 16.2. The van der Waals surface area contributed by atoms with Crippen LogP contribution < -0.4 is 0 Å². The molecule has 0 aliphatic carbocycles. The van der Waals surface area contributed by atoms with E-state index in [4.69, 9.17) is 5.11 Å². The van der Waals surface area contributed by atoms with Gasteiger partial charge in [0, 0.05) is 13.0 Å². The highest BCUT2D eigenvalue weighted by molar-refractivity contribution is 7.87. The van der Waals surface area contributed by atoms with Crippen molar-refractivity contribution >= 4 is 26.3 Å². The summed E-state index contributed by atoms with van der Waals surface area (Å²) in [5, 5.41) is 9.08. The quantitative estimate of drug-likeness (QED) is 0.265. The molecular formula is C14H19F6NO8S2. The van der Waals surface area contributed by atoms with Crippen LogP contribution in [0.25, 0.3) is 0 Å². The average molecular weight is 507 g/mol. The number of hydrogen-bond acceptors (Lipinski definition) is 7. The number of halogens is 6. The van der Waals surface area contributed by atoms with Crippen LogP contribution in [-0.4, -0.2) is 56.5 Å². The summed E-state index contributed by atoms with van der Waals surface area (Å²) in [6.07, 6.45) is -0.165. The van der Waals surface area contributed by atoms with Crippen LogP contribution in [0.1, 0.15) is 27.2 Å². The minimum atomic E-state index is -5.74. The van der Waals surface area contributed by atoms with E-state index in [1.807, 2.05) is 0 Å². The minimum absolute atomic E-state index is 0.142. The highest BCUT2D eigenvalue weighted by Crippen LogP contribution is 2.33. The number of carboxylic acid groups (broad SMARTS) is 1. The van der Waals surface area contributed by atoms with Gasteiger partial charge in [0.1, 0.15) is 5.76 Å². The molecule has 0 fully saturated rings. The van der Waals surface area contributed by atoms with Crippen LogP contribution in [0.2, 0.25) is 0 Å². The van der Waals surface area contributed by atoms with Crippen molar-refractivity contribution in [3.05, 3.63) is 24.7 Å². The number of nitrogens with zero attached hydrogens (tertiary/aromatic N) is 1. The maximum absolute atomic E-state index is 12.3. The molecule has 1 amide bonds. The molecule has 0 saturated heterocycles. The van der Waals surface area contributed by atoms with E-state index in [0.29, 0.717) is 0 Å². The van der Waals surface area contributed by atoms with Gasteiger partial charge in [-0.2, -0.15) is 43.2 Å². The summed E-state index contributed by atoms with van der Waals surface area (Å²) >= 11 is 0. The molecule has 1 aliphatic heterocycles. The van der Waals surface area contributed by atoms with Gasteiger partial charge in [-0.15, -0.1) is 0 Å². The standard InChI is InChI=1S/C11H16F3NO5S.C3H3F3O3S/c1-10(2,3)8-6-7(4-5-15(8)9(16)17)20-21(18,19)11(12,13)14;1-2-9-10(7,8)3(4,5)6/h6,8H,4-5H2,1-3H3,(H,16,17);2H,1H2. The molecular weight excluding hydrogens is 488 g/mol. The summed E-state index contributed by atoms with van der Waals surface area (Å²) in [5.74, 6) is -0.398. The minimum Gasteiger partial charge on any atom is -0.465 e. The van der Waals surface area contributed by atoms with Crippen molar-refractivity contribution in [1.82, 2.24) is 4.90 Å². The molecule has 0 aromatic heterocycles. The number of amides is 1. The smallest absolute Gasteiger partial charge is 0.465 e. The summed E-state index contributed by atoms with van der Waals surface area (Å²) in [6, 6.07) is -0.790. The van der Waals surface area contributed by atoms with Gasteiger partial charge in [0.05, 0.1) is 12.3 Å². The highest BCUT2D eigenvalue weighted by Gasteiger charge is 2.49. The second-order valence-corrected chi connectivity index (χ2v) is 9.92. The molecule has 1 aliphatic rings. The maximum Gasteiger partial charge on any atom is 0.534 e. The average Bonchev–Trinajstić information content (AvgIpc) is 2.51. The van der Waals surface area contributed by atoms with Gasteiger partial charge >= 0.3 is 37.3 Å². The molecule has 17 heteroatoms. The molecule has 9 nitrogen and oxygen atoms in total. The van der Waals surface area contributed by atoms with E-state index in [1.54, 1.807) is 20.8 Å². The molecule has 182 valence electrons. The molecule has 1 atom stereocenters. The monoisotopic (exact) mass is 507 g/mol. The first-order valence-corrected chi connectivity index (χ1v) is 10.7. The van der Waals surface area contributed by atoms with Gasteiger partial charge in [-0.05, 0) is 11.5 Å². The third kappa shape index (κ3) is 8.12. The Morgan fingerprint density at radius 2 is 1.55 bits per heavy atom. The third-order valence-corrected chi connectivity index (χ3v) is 5.35. The Hall–Kier alpha value is -2.17. The largest absolute Gasteiger partial charge is 0.534 e. The zero-order valence-corrected chi connectivity index (χ0v) is 17.8. The van der Waals surface area contributed by atoms with Crippen molar-refractivity contribution in [3.63, 3.8) is 0 Å². The molecule has 0 spiro atoms. The molecule has 31 heavy (non-hydrogen) atoms. The van der Waals surface area contributed by atoms with Gasteiger partial charge in [-0.1, -0.05) is 27.4 Å². The van der Waals surface area contributed by atoms with Gasteiger partial charge in [0.25, 0.3) is 0 Å². The van der Waals surface area contributed by atoms with E-state index >= 15 is 0 Å². The summed E-state index contributed by atoms with van der Waals surface area (Å²) in [7, 11) is -11.2. The first-order chi connectivity index (χ1) is 13.6. The molecule has 1 heterocycles. The van der Waals surface area contributed by atoms with Crippen molar-refractivity contribution in [2.45, 2.75) is 44.3 Å². The highest BCUT2D eigenvalue weighted by atomic mass is 32.2.